The number of thiazole rings is 1. The molecule has 4 heteroatoms. The van der Waals surface area contributed by atoms with Crippen LogP contribution in [0.2, 0.25) is 0 Å². The van der Waals surface area contributed by atoms with E-state index in [0.29, 0.717) is 0 Å². The molecule has 0 spiro atoms. The van der Waals surface area contributed by atoms with Crippen LogP contribution in [0.5, 0.6) is 5.75 Å². The highest BCUT2D eigenvalue weighted by Gasteiger charge is 2.03. The Morgan fingerprint density at radius 1 is 1.47 bits per heavy atom. The highest BCUT2D eigenvalue weighted by molar-refractivity contribution is 7.18. The predicted octanol–water partition coefficient (Wildman–Crippen LogP) is 2.41. The first-order valence-electron chi connectivity index (χ1n) is 4.97. The van der Waals surface area contributed by atoms with E-state index >= 15 is 0 Å². The number of rotatable bonds is 4. The summed E-state index contributed by atoms with van der Waals surface area (Å²) < 4.78 is 6.36. The van der Waals surface area contributed by atoms with Crippen LogP contribution in [0.4, 0.5) is 0 Å². The summed E-state index contributed by atoms with van der Waals surface area (Å²) in [5.41, 5.74) is 1.05. The van der Waals surface area contributed by atoms with Crippen molar-refractivity contribution in [3.8, 4) is 5.75 Å². The Morgan fingerprint density at radius 3 is 3.07 bits per heavy atom. The highest BCUT2D eigenvalue weighted by Crippen LogP contribution is 2.26. The molecule has 3 nitrogen and oxygen atoms in total. The van der Waals surface area contributed by atoms with Crippen molar-refractivity contribution in [3.63, 3.8) is 0 Å². The minimum atomic E-state index is 0.845. The summed E-state index contributed by atoms with van der Waals surface area (Å²) in [6, 6.07) is 5.97. The standard InChI is InChI=1S/C11H14N2OS/c1-3-12-7-11-13-9-5-4-8(14-2)6-10(9)15-11/h4-6,12H,3,7H2,1-2H3. The Hall–Kier alpha value is -1.13. The van der Waals surface area contributed by atoms with Gasteiger partial charge in [-0.15, -0.1) is 11.3 Å². The van der Waals surface area contributed by atoms with E-state index in [-0.39, 0.29) is 0 Å². The van der Waals surface area contributed by atoms with Crippen LogP contribution in [0, 0.1) is 0 Å². The molecule has 15 heavy (non-hydrogen) atoms. The monoisotopic (exact) mass is 222 g/mol. The summed E-state index contributed by atoms with van der Waals surface area (Å²) in [6.07, 6.45) is 0. The Morgan fingerprint density at radius 2 is 2.33 bits per heavy atom. The number of nitrogens with zero attached hydrogens (tertiary/aromatic N) is 1. The van der Waals surface area contributed by atoms with Crippen molar-refractivity contribution < 1.29 is 4.74 Å². The lowest BCUT2D eigenvalue weighted by Crippen LogP contribution is -2.11. The van der Waals surface area contributed by atoms with Gasteiger partial charge in [0, 0.05) is 6.54 Å². The molecule has 0 radical (unpaired) electrons. The van der Waals surface area contributed by atoms with Gasteiger partial charge in [0.2, 0.25) is 0 Å². The molecule has 2 aromatic rings. The van der Waals surface area contributed by atoms with Crippen LogP contribution in [0.25, 0.3) is 10.2 Å². The minimum absolute atomic E-state index is 0.845. The number of aromatic nitrogens is 1. The third kappa shape index (κ3) is 2.27. The quantitative estimate of drug-likeness (QED) is 0.862. The average molecular weight is 222 g/mol. The lowest BCUT2D eigenvalue weighted by Gasteiger charge is -1.96. The van der Waals surface area contributed by atoms with E-state index in [9.17, 15) is 0 Å². The summed E-state index contributed by atoms with van der Waals surface area (Å²) in [4.78, 5) is 4.53. The molecule has 1 aromatic heterocycles. The molecule has 0 saturated heterocycles. The molecule has 0 bridgehead atoms. The second-order valence-corrected chi connectivity index (χ2v) is 4.34. The highest BCUT2D eigenvalue weighted by atomic mass is 32.1. The molecule has 80 valence electrons. The smallest absolute Gasteiger partial charge is 0.120 e. The number of methoxy groups -OCH3 is 1. The molecule has 0 saturated carbocycles. The van der Waals surface area contributed by atoms with Gasteiger partial charge in [-0.05, 0) is 24.7 Å². The Labute approximate surface area is 93.1 Å². The fraction of sp³-hybridized carbons (Fsp3) is 0.364. The fourth-order valence-corrected chi connectivity index (χ4v) is 2.35. The maximum Gasteiger partial charge on any atom is 0.120 e. The first kappa shape index (κ1) is 10.4. The summed E-state index contributed by atoms with van der Waals surface area (Å²) in [5.74, 6) is 0.890. The Bertz CT molecular complexity index is 453. The molecule has 1 heterocycles. The maximum absolute atomic E-state index is 5.18. The predicted molar refractivity (Wildman–Crippen MR) is 63.6 cm³/mol. The van der Waals surface area contributed by atoms with Crippen molar-refractivity contribution in [2.24, 2.45) is 0 Å². The number of hydrogen-bond donors (Lipinski definition) is 1. The first-order valence-corrected chi connectivity index (χ1v) is 5.79. The molecule has 0 aliphatic heterocycles. The van der Waals surface area contributed by atoms with Crippen LogP contribution in [0.3, 0.4) is 0 Å². The molecule has 0 aliphatic rings. The van der Waals surface area contributed by atoms with E-state index in [1.54, 1.807) is 18.4 Å². The van der Waals surface area contributed by atoms with Crippen LogP contribution in [-0.2, 0) is 6.54 Å². The van der Waals surface area contributed by atoms with E-state index < -0.39 is 0 Å². The van der Waals surface area contributed by atoms with E-state index in [1.165, 1.54) is 4.70 Å². The van der Waals surface area contributed by atoms with Crippen LogP contribution >= 0.6 is 11.3 Å². The summed E-state index contributed by atoms with van der Waals surface area (Å²) in [5, 5.41) is 4.40. The van der Waals surface area contributed by atoms with Crippen LogP contribution in [0.1, 0.15) is 11.9 Å². The maximum atomic E-state index is 5.18. The number of benzene rings is 1. The van der Waals surface area contributed by atoms with Crippen molar-refractivity contribution in [1.29, 1.82) is 0 Å². The molecule has 0 fully saturated rings. The van der Waals surface area contributed by atoms with E-state index in [0.717, 1.165) is 29.4 Å². The lowest BCUT2D eigenvalue weighted by molar-refractivity contribution is 0.415. The number of ether oxygens (including phenoxy) is 1. The molecule has 0 atom stereocenters. The Balaban J connectivity index is 2.29. The SMILES string of the molecule is CCNCc1nc2ccc(OC)cc2s1. The fourth-order valence-electron chi connectivity index (χ4n) is 1.39. The van der Waals surface area contributed by atoms with Gasteiger partial charge in [-0.1, -0.05) is 6.92 Å². The number of fused-ring (bicyclic) bond motifs is 1. The zero-order valence-corrected chi connectivity index (χ0v) is 9.73. The third-order valence-corrected chi connectivity index (χ3v) is 3.18. The largest absolute Gasteiger partial charge is 0.497 e. The zero-order chi connectivity index (χ0) is 10.7. The van der Waals surface area contributed by atoms with Gasteiger partial charge in [0.15, 0.2) is 0 Å². The van der Waals surface area contributed by atoms with Crippen molar-refractivity contribution in [2.75, 3.05) is 13.7 Å². The van der Waals surface area contributed by atoms with Crippen molar-refractivity contribution in [3.05, 3.63) is 23.2 Å². The molecular weight excluding hydrogens is 208 g/mol. The second kappa shape index (κ2) is 4.59. The van der Waals surface area contributed by atoms with Crippen LogP contribution in [0.15, 0.2) is 18.2 Å². The van der Waals surface area contributed by atoms with Gasteiger partial charge >= 0.3 is 0 Å². The number of nitrogens with one attached hydrogen (secondary N) is 1. The van der Waals surface area contributed by atoms with Gasteiger partial charge < -0.3 is 10.1 Å². The van der Waals surface area contributed by atoms with Gasteiger partial charge in [0.1, 0.15) is 10.8 Å². The Kier molecular flexibility index (Phi) is 3.18. The summed E-state index contributed by atoms with van der Waals surface area (Å²) in [6.45, 7) is 3.91. The van der Waals surface area contributed by atoms with Gasteiger partial charge in [0.25, 0.3) is 0 Å². The summed E-state index contributed by atoms with van der Waals surface area (Å²) >= 11 is 1.71. The van der Waals surface area contributed by atoms with Crippen molar-refractivity contribution in [1.82, 2.24) is 10.3 Å². The van der Waals surface area contributed by atoms with E-state index in [2.05, 4.69) is 17.2 Å². The third-order valence-electron chi connectivity index (χ3n) is 2.17. The van der Waals surface area contributed by atoms with E-state index in [1.807, 2.05) is 18.2 Å². The van der Waals surface area contributed by atoms with Crippen LogP contribution < -0.4 is 10.1 Å². The topological polar surface area (TPSA) is 34.2 Å². The summed E-state index contributed by atoms with van der Waals surface area (Å²) in [7, 11) is 1.68. The van der Waals surface area contributed by atoms with Crippen molar-refractivity contribution >= 4 is 21.6 Å². The van der Waals surface area contributed by atoms with Gasteiger partial charge in [-0.25, -0.2) is 4.98 Å². The van der Waals surface area contributed by atoms with E-state index in [4.69, 9.17) is 4.74 Å². The van der Waals surface area contributed by atoms with Crippen molar-refractivity contribution in [2.45, 2.75) is 13.5 Å². The normalized spacial score (nSPS) is 10.8. The minimum Gasteiger partial charge on any atom is -0.497 e. The molecular formula is C11H14N2OS. The molecule has 2 rings (SSSR count). The zero-order valence-electron chi connectivity index (χ0n) is 8.91. The average Bonchev–Trinajstić information content (AvgIpc) is 2.67. The molecule has 0 aliphatic carbocycles. The molecule has 1 N–H and O–H groups in total. The first-order chi connectivity index (χ1) is 7.33. The van der Waals surface area contributed by atoms with Gasteiger partial charge in [-0.3, -0.25) is 0 Å². The number of hydrogen-bond acceptors (Lipinski definition) is 4. The molecule has 1 aromatic carbocycles. The lowest BCUT2D eigenvalue weighted by atomic mass is 10.3. The van der Waals surface area contributed by atoms with Gasteiger partial charge in [0.05, 0.1) is 17.3 Å². The molecule has 0 amide bonds. The van der Waals surface area contributed by atoms with Gasteiger partial charge in [-0.2, -0.15) is 0 Å². The van der Waals surface area contributed by atoms with Crippen LogP contribution in [-0.4, -0.2) is 18.6 Å². The second-order valence-electron chi connectivity index (χ2n) is 3.22. The molecule has 0 unspecified atom stereocenters.